The molecule has 1 heterocycles. The molecule has 3 heteroatoms. The Hall–Kier alpha value is -1.19. The lowest BCUT2D eigenvalue weighted by molar-refractivity contribution is 0.530. The van der Waals surface area contributed by atoms with Gasteiger partial charge in [-0.3, -0.25) is 0 Å². The molecule has 0 saturated carbocycles. The van der Waals surface area contributed by atoms with Crippen LogP contribution in [0.2, 0.25) is 0 Å². The maximum Gasteiger partial charge on any atom is 0.113 e. The fraction of sp³-hybridized carbons (Fsp3) is 0.375. The first-order valence-electron chi connectivity index (χ1n) is 6.69. The van der Waals surface area contributed by atoms with E-state index in [0.717, 1.165) is 23.8 Å². The molecule has 1 aromatic carbocycles. The summed E-state index contributed by atoms with van der Waals surface area (Å²) in [6.07, 6.45) is 1.73. The Balaban J connectivity index is 1.90. The summed E-state index contributed by atoms with van der Waals surface area (Å²) < 4.78 is 5.36. The lowest BCUT2D eigenvalue weighted by atomic mass is 10.1. The number of benzene rings is 1. The van der Waals surface area contributed by atoms with Gasteiger partial charge in [0.1, 0.15) is 5.76 Å². The lowest BCUT2D eigenvalue weighted by Gasteiger charge is -2.18. The molecule has 0 amide bonds. The zero-order valence-corrected chi connectivity index (χ0v) is 12.4. The van der Waals surface area contributed by atoms with Crippen molar-refractivity contribution in [3.8, 4) is 0 Å². The second kappa shape index (κ2) is 7.41. The number of furan rings is 1. The number of rotatable bonds is 7. The van der Waals surface area contributed by atoms with E-state index in [2.05, 4.69) is 43.4 Å². The predicted molar refractivity (Wildman–Crippen MR) is 82.5 cm³/mol. The Kier molecular flexibility index (Phi) is 5.55. The highest BCUT2D eigenvalue weighted by Gasteiger charge is 2.10. The molecule has 2 nitrogen and oxygen atoms in total. The third-order valence-electron chi connectivity index (χ3n) is 3.04. The van der Waals surface area contributed by atoms with E-state index in [9.17, 15) is 0 Å². The maximum atomic E-state index is 5.36. The molecular formula is C16H21NOS. The van der Waals surface area contributed by atoms with Gasteiger partial charge in [-0.1, -0.05) is 36.8 Å². The monoisotopic (exact) mass is 275 g/mol. The fourth-order valence-corrected chi connectivity index (χ4v) is 3.02. The van der Waals surface area contributed by atoms with Gasteiger partial charge in [-0.15, -0.1) is 0 Å². The third kappa shape index (κ3) is 4.44. The smallest absolute Gasteiger partial charge is 0.113 e. The molecule has 0 radical (unpaired) electrons. The van der Waals surface area contributed by atoms with Crippen molar-refractivity contribution in [2.45, 2.75) is 25.6 Å². The van der Waals surface area contributed by atoms with E-state index >= 15 is 0 Å². The molecule has 2 aromatic rings. The van der Waals surface area contributed by atoms with Crippen molar-refractivity contribution >= 4 is 11.8 Å². The van der Waals surface area contributed by atoms with Crippen LogP contribution in [0, 0.1) is 6.92 Å². The van der Waals surface area contributed by atoms with Gasteiger partial charge in [0.05, 0.1) is 12.0 Å². The Morgan fingerprint density at radius 1 is 1.21 bits per heavy atom. The minimum absolute atomic E-state index is 0.408. The molecule has 0 spiro atoms. The first kappa shape index (κ1) is 14.2. The lowest BCUT2D eigenvalue weighted by Crippen LogP contribution is -2.23. The van der Waals surface area contributed by atoms with E-state index in [1.165, 1.54) is 11.1 Å². The molecule has 19 heavy (non-hydrogen) atoms. The van der Waals surface area contributed by atoms with E-state index in [1.54, 1.807) is 6.26 Å². The van der Waals surface area contributed by atoms with Crippen LogP contribution in [0.1, 0.15) is 29.9 Å². The molecule has 0 saturated heterocycles. The highest BCUT2D eigenvalue weighted by atomic mass is 32.2. The normalized spacial score (nSPS) is 12.5. The van der Waals surface area contributed by atoms with Crippen LogP contribution in [0.15, 0.2) is 47.1 Å². The molecule has 0 aliphatic heterocycles. The van der Waals surface area contributed by atoms with Crippen molar-refractivity contribution in [3.05, 3.63) is 59.5 Å². The Morgan fingerprint density at radius 3 is 2.63 bits per heavy atom. The van der Waals surface area contributed by atoms with E-state index in [4.69, 9.17) is 4.42 Å². The molecule has 102 valence electrons. The van der Waals surface area contributed by atoms with Crippen LogP contribution in [-0.4, -0.2) is 12.3 Å². The highest BCUT2D eigenvalue weighted by molar-refractivity contribution is 7.98. The van der Waals surface area contributed by atoms with Crippen LogP contribution in [0.3, 0.4) is 0 Å². The summed E-state index contributed by atoms with van der Waals surface area (Å²) in [6.45, 7) is 5.26. The highest BCUT2D eigenvalue weighted by Crippen LogP contribution is 2.21. The topological polar surface area (TPSA) is 25.2 Å². The van der Waals surface area contributed by atoms with Crippen molar-refractivity contribution < 1.29 is 4.42 Å². The standard InChI is InChI=1S/C16H21NOS/c1-3-17-16(14-8-6-13(2)7-9-14)12-19-11-15-5-4-10-18-15/h4-10,16-17H,3,11-12H2,1-2H3. The SMILES string of the molecule is CCNC(CSCc1ccco1)c1ccc(C)cc1. The van der Waals surface area contributed by atoms with E-state index in [0.29, 0.717) is 6.04 Å². The molecular weight excluding hydrogens is 254 g/mol. The second-order valence-electron chi connectivity index (χ2n) is 4.62. The van der Waals surface area contributed by atoms with Crippen LogP contribution in [0.25, 0.3) is 0 Å². The molecule has 0 bridgehead atoms. The molecule has 1 atom stereocenters. The summed E-state index contributed by atoms with van der Waals surface area (Å²) in [5.41, 5.74) is 2.67. The van der Waals surface area contributed by atoms with Gasteiger partial charge >= 0.3 is 0 Å². The van der Waals surface area contributed by atoms with Crippen LogP contribution in [0.5, 0.6) is 0 Å². The minimum atomic E-state index is 0.408. The van der Waals surface area contributed by atoms with Gasteiger partial charge < -0.3 is 9.73 Å². The van der Waals surface area contributed by atoms with Gasteiger partial charge in [0.15, 0.2) is 0 Å². The van der Waals surface area contributed by atoms with E-state index in [1.807, 2.05) is 23.9 Å². The zero-order valence-electron chi connectivity index (χ0n) is 11.6. The Morgan fingerprint density at radius 2 is 2.00 bits per heavy atom. The fourth-order valence-electron chi connectivity index (χ4n) is 1.99. The molecule has 2 rings (SSSR count). The number of nitrogens with one attached hydrogen (secondary N) is 1. The van der Waals surface area contributed by atoms with Gasteiger partial charge in [-0.2, -0.15) is 11.8 Å². The van der Waals surface area contributed by atoms with Crippen molar-refractivity contribution in [1.29, 1.82) is 0 Å². The predicted octanol–water partition coefficient (Wildman–Crippen LogP) is 4.17. The summed E-state index contributed by atoms with van der Waals surface area (Å²) in [7, 11) is 0. The van der Waals surface area contributed by atoms with Crippen molar-refractivity contribution in [1.82, 2.24) is 5.32 Å². The van der Waals surface area contributed by atoms with Crippen molar-refractivity contribution in [2.75, 3.05) is 12.3 Å². The first-order chi connectivity index (χ1) is 9.29. The largest absolute Gasteiger partial charge is 0.468 e. The minimum Gasteiger partial charge on any atom is -0.468 e. The maximum absolute atomic E-state index is 5.36. The first-order valence-corrected chi connectivity index (χ1v) is 7.85. The summed E-state index contributed by atoms with van der Waals surface area (Å²) in [6, 6.07) is 13.2. The zero-order chi connectivity index (χ0) is 13.5. The van der Waals surface area contributed by atoms with E-state index in [-0.39, 0.29) is 0 Å². The van der Waals surface area contributed by atoms with Crippen LogP contribution in [0.4, 0.5) is 0 Å². The van der Waals surface area contributed by atoms with Gasteiger partial charge in [-0.05, 0) is 31.2 Å². The Bertz CT molecular complexity index is 464. The summed E-state index contributed by atoms with van der Waals surface area (Å²) in [5, 5.41) is 3.55. The molecule has 0 aliphatic carbocycles. The molecule has 1 aromatic heterocycles. The van der Waals surface area contributed by atoms with Crippen LogP contribution in [-0.2, 0) is 5.75 Å². The number of thioether (sulfide) groups is 1. The summed E-state index contributed by atoms with van der Waals surface area (Å²) in [4.78, 5) is 0. The number of aryl methyl sites for hydroxylation is 1. The van der Waals surface area contributed by atoms with E-state index < -0.39 is 0 Å². The number of hydrogen-bond donors (Lipinski definition) is 1. The van der Waals surface area contributed by atoms with Crippen molar-refractivity contribution in [3.63, 3.8) is 0 Å². The summed E-state index contributed by atoms with van der Waals surface area (Å²) in [5.74, 6) is 3.03. The third-order valence-corrected chi connectivity index (χ3v) is 4.10. The molecule has 1 unspecified atom stereocenters. The molecule has 1 N–H and O–H groups in total. The van der Waals surface area contributed by atoms with Crippen molar-refractivity contribution in [2.24, 2.45) is 0 Å². The molecule has 0 fully saturated rings. The van der Waals surface area contributed by atoms with Gasteiger partial charge in [0.25, 0.3) is 0 Å². The van der Waals surface area contributed by atoms with Gasteiger partial charge in [-0.25, -0.2) is 0 Å². The van der Waals surface area contributed by atoms with Gasteiger partial charge in [0, 0.05) is 11.8 Å². The van der Waals surface area contributed by atoms with Crippen LogP contribution >= 0.6 is 11.8 Å². The second-order valence-corrected chi connectivity index (χ2v) is 5.65. The summed E-state index contributed by atoms with van der Waals surface area (Å²) >= 11 is 1.90. The average molecular weight is 275 g/mol. The molecule has 0 aliphatic rings. The quantitative estimate of drug-likeness (QED) is 0.821. The average Bonchev–Trinajstić information content (AvgIpc) is 2.92. The Labute approximate surface area is 119 Å². The number of hydrogen-bond acceptors (Lipinski definition) is 3. The van der Waals surface area contributed by atoms with Crippen LogP contribution < -0.4 is 5.32 Å². The van der Waals surface area contributed by atoms with Gasteiger partial charge in [0.2, 0.25) is 0 Å².